The second-order valence-corrected chi connectivity index (χ2v) is 6.05. The molecule has 23 heavy (non-hydrogen) atoms. The summed E-state index contributed by atoms with van der Waals surface area (Å²) in [5, 5.41) is 12.8. The molecule has 1 aromatic heterocycles. The fraction of sp³-hybridized carbons (Fsp3) is 0.412. The molecule has 1 aromatic carbocycles. The van der Waals surface area contributed by atoms with Crippen molar-refractivity contribution in [2.24, 2.45) is 0 Å². The van der Waals surface area contributed by atoms with Gasteiger partial charge in [-0.3, -0.25) is 4.90 Å². The first-order chi connectivity index (χ1) is 11.0. The van der Waals surface area contributed by atoms with E-state index in [0.717, 1.165) is 37.4 Å². The summed E-state index contributed by atoms with van der Waals surface area (Å²) in [5.74, 6) is -1.25. The predicted molar refractivity (Wildman–Crippen MR) is 87.8 cm³/mol. The zero-order chi connectivity index (χ0) is 16.4. The smallest absolute Gasteiger partial charge is 0.374 e. The third kappa shape index (κ3) is 3.37. The van der Waals surface area contributed by atoms with E-state index in [4.69, 9.17) is 9.63 Å². The van der Waals surface area contributed by atoms with E-state index in [0.29, 0.717) is 11.7 Å². The van der Waals surface area contributed by atoms with Crippen LogP contribution in [0, 0.1) is 0 Å². The van der Waals surface area contributed by atoms with Gasteiger partial charge in [0.25, 0.3) is 0 Å². The molecule has 3 rings (SSSR count). The van der Waals surface area contributed by atoms with Crippen LogP contribution in [0.15, 0.2) is 34.9 Å². The molecule has 6 nitrogen and oxygen atoms in total. The average Bonchev–Trinajstić information content (AvgIpc) is 3.05. The van der Waals surface area contributed by atoms with E-state index in [9.17, 15) is 4.79 Å². The van der Waals surface area contributed by atoms with Crippen molar-refractivity contribution < 1.29 is 14.4 Å². The normalized spacial score (nSPS) is 16.0. The van der Waals surface area contributed by atoms with Crippen LogP contribution in [0.1, 0.15) is 24.4 Å². The van der Waals surface area contributed by atoms with Crippen molar-refractivity contribution in [2.75, 3.05) is 31.1 Å². The standard InChI is InChI=1S/C17H21N3O3/c1-12(2)19-6-8-20(9-7-19)14-5-3-4-13(10-14)15-11-16(17(21)22)23-18-15/h3-5,10-12H,6-9H2,1-2H3,(H,21,22). The molecule has 2 aromatic rings. The molecule has 6 heteroatoms. The first-order valence-electron chi connectivity index (χ1n) is 7.84. The Morgan fingerprint density at radius 1 is 1.22 bits per heavy atom. The van der Waals surface area contributed by atoms with Crippen molar-refractivity contribution in [3.8, 4) is 11.3 Å². The van der Waals surface area contributed by atoms with Gasteiger partial charge in [-0.15, -0.1) is 0 Å². The lowest BCUT2D eigenvalue weighted by molar-refractivity contribution is 0.0652. The van der Waals surface area contributed by atoms with E-state index in [-0.39, 0.29) is 5.76 Å². The van der Waals surface area contributed by atoms with E-state index in [2.05, 4.69) is 34.9 Å². The maximum atomic E-state index is 10.9. The van der Waals surface area contributed by atoms with Crippen LogP contribution in [0.25, 0.3) is 11.3 Å². The molecule has 122 valence electrons. The highest BCUT2D eigenvalue weighted by Gasteiger charge is 2.19. The van der Waals surface area contributed by atoms with Crippen LogP contribution in [0.2, 0.25) is 0 Å². The molecule has 1 aliphatic rings. The van der Waals surface area contributed by atoms with Crippen molar-refractivity contribution in [3.05, 3.63) is 36.1 Å². The van der Waals surface area contributed by atoms with E-state index in [1.54, 1.807) is 0 Å². The first kappa shape index (κ1) is 15.6. The predicted octanol–water partition coefficient (Wildman–Crippen LogP) is 2.57. The van der Waals surface area contributed by atoms with Crippen LogP contribution in [0.3, 0.4) is 0 Å². The molecule has 2 heterocycles. The Balaban J connectivity index is 1.76. The van der Waals surface area contributed by atoms with Crippen molar-refractivity contribution in [1.29, 1.82) is 0 Å². The lowest BCUT2D eigenvalue weighted by Gasteiger charge is -2.38. The highest BCUT2D eigenvalue weighted by atomic mass is 16.5. The molecule has 0 spiro atoms. The van der Waals surface area contributed by atoms with Crippen LogP contribution in [0.4, 0.5) is 5.69 Å². The number of hydrogen-bond donors (Lipinski definition) is 1. The molecule has 1 N–H and O–H groups in total. The highest BCUT2D eigenvalue weighted by Crippen LogP contribution is 2.25. The first-order valence-corrected chi connectivity index (χ1v) is 7.84. The van der Waals surface area contributed by atoms with Crippen molar-refractivity contribution in [3.63, 3.8) is 0 Å². The molecule has 0 saturated carbocycles. The van der Waals surface area contributed by atoms with Crippen molar-refractivity contribution >= 4 is 11.7 Å². The molecule has 0 amide bonds. The molecule has 0 unspecified atom stereocenters. The number of carbonyl (C=O) groups is 1. The summed E-state index contributed by atoms with van der Waals surface area (Å²) in [6.45, 7) is 8.52. The minimum absolute atomic E-state index is 0.143. The third-order valence-electron chi connectivity index (χ3n) is 4.27. The van der Waals surface area contributed by atoms with Gasteiger partial charge in [0.05, 0.1) is 0 Å². The molecular formula is C17H21N3O3. The van der Waals surface area contributed by atoms with Gasteiger partial charge in [-0.05, 0) is 26.0 Å². The third-order valence-corrected chi connectivity index (χ3v) is 4.27. The summed E-state index contributed by atoms with van der Waals surface area (Å²) in [4.78, 5) is 15.7. The number of aromatic carboxylic acids is 1. The zero-order valence-corrected chi connectivity index (χ0v) is 13.4. The Morgan fingerprint density at radius 3 is 2.57 bits per heavy atom. The number of anilines is 1. The van der Waals surface area contributed by atoms with E-state index < -0.39 is 5.97 Å². The number of carboxylic acid groups (broad SMARTS) is 1. The van der Waals surface area contributed by atoms with Gasteiger partial charge in [0, 0.05) is 49.5 Å². The number of carboxylic acids is 1. The number of aromatic nitrogens is 1. The van der Waals surface area contributed by atoms with E-state index in [1.807, 2.05) is 18.2 Å². The van der Waals surface area contributed by atoms with Gasteiger partial charge in [0.15, 0.2) is 0 Å². The average molecular weight is 315 g/mol. The molecule has 0 bridgehead atoms. The van der Waals surface area contributed by atoms with Crippen LogP contribution < -0.4 is 4.90 Å². The molecule has 1 aliphatic heterocycles. The summed E-state index contributed by atoms with van der Waals surface area (Å²) >= 11 is 0. The maximum Gasteiger partial charge on any atom is 0.374 e. The number of piperazine rings is 1. The van der Waals surface area contributed by atoms with Gasteiger partial charge >= 0.3 is 5.97 Å². The highest BCUT2D eigenvalue weighted by molar-refractivity contribution is 5.85. The van der Waals surface area contributed by atoms with Gasteiger partial charge in [-0.25, -0.2) is 4.79 Å². The monoisotopic (exact) mass is 315 g/mol. The second kappa shape index (κ2) is 6.42. The van der Waals surface area contributed by atoms with Crippen molar-refractivity contribution in [2.45, 2.75) is 19.9 Å². The fourth-order valence-corrected chi connectivity index (χ4v) is 2.87. The molecule has 1 saturated heterocycles. The van der Waals surface area contributed by atoms with Gasteiger partial charge in [0.2, 0.25) is 5.76 Å². The fourth-order valence-electron chi connectivity index (χ4n) is 2.87. The Kier molecular flexibility index (Phi) is 4.34. The Hall–Kier alpha value is -2.34. The second-order valence-electron chi connectivity index (χ2n) is 6.05. The summed E-state index contributed by atoms with van der Waals surface area (Å²) in [5.41, 5.74) is 2.54. The topological polar surface area (TPSA) is 69.8 Å². The lowest BCUT2D eigenvalue weighted by Crippen LogP contribution is -2.48. The van der Waals surface area contributed by atoms with Crippen LogP contribution >= 0.6 is 0 Å². The number of rotatable bonds is 4. The molecule has 1 fully saturated rings. The molecule has 0 radical (unpaired) electrons. The zero-order valence-electron chi connectivity index (χ0n) is 13.4. The minimum atomic E-state index is -1.11. The SMILES string of the molecule is CC(C)N1CCN(c2cccc(-c3cc(C(=O)O)on3)c2)CC1. The number of benzene rings is 1. The lowest BCUT2D eigenvalue weighted by atomic mass is 10.1. The van der Waals surface area contributed by atoms with Crippen LogP contribution in [-0.4, -0.2) is 53.4 Å². The molecular weight excluding hydrogens is 294 g/mol. The number of nitrogens with zero attached hydrogens (tertiary/aromatic N) is 3. The van der Waals surface area contributed by atoms with Crippen molar-refractivity contribution in [1.82, 2.24) is 10.1 Å². The van der Waals surface area contributed by atoms with Gasteiger partial charge in [-0.2, -0.15) is 0 Å². The summed E-state index contributed by atoms with van der Waals surface area (Å²) in [7, 11) is 0. The van der Waals surface area contributed by atoms with E-state index >= 15 is 0 Å². The summed E-state index contributed by atoms with van der Waals surface area (Å²) < 4.78 is 4.84. The minimum Gasteiger partial charge on any atom is -0.475 e. The van der Waals surface area contributed by atoms with Crippen LogP contribution in [-0.2, 0) is 0 Å². The largest absolute Gasteiger partial charge is 0.475 e. The number of hydrogen-bond acceptors (Lipinski definition) is 5. The van der Waals surface area contributed by atoms with E-state index in [1.165, 1.54) is 6.07 Å². The van der Waals surface area contributed by atoms with Gasteiger partial charge in [-0.1, -0.05) is 17.3 Å². The quantitative estimate of drug-likeness (QED) is 0.935. The van der Waals surface area contributed by atoms with Gasteiger partial charge < -0.3 is 14.5 Å². The Bertz CT molecular complexity index is 688. The Morgan fingerprint density at radius 2 is 1.96 bits per heavy atom. The summed E-state index contributed by atoms with van der Waals surface area (Å²) in [6, 6.07) is 10.0. The van der Waals surface area contributed by atoms with Gasteiger partial charge in [0.1, 0.15) is 5.69 Å². The van der Waals surface area contributed by atoms with Crippen LogP contribution in [0.5, 0.6) is 0 Å². The maximum absolute atomic E-state index is 10.9. The Labute approximate surface area is 135 Å². The molecule has 0 atom stereocenters. The summed E-state index contributed by atoms with van der Waals surface area (Å²) in [6.07, 6.45) is 0. The molecule has 0 aliphatic carbocycles.